The van der Waals surface area contributed by atoms with Crippen LogP contribution < -0.4 is 0 Å². The predicted molar refractivity (Wildman–Crippen MR) is 57.7 cm³/mol. The molecule has 0 aromatic heterocycles. The van der Waals surface area contributed by atoms with Gasteiger partial charge in [0.15, 0.2) is 0 Å². The van der Waals surface area contributed by atoms with E-state index in [0.29, 0.717) is 25.9 Å². The largest absolute Gasteiger partial charge is 0.481 e. The van der Waals surface area contributed by atoms with E-state index in [2.05, 4.69) is 0 Å². The molecule has 1 aliphatic heterocycles. The number of carbonyl (C=O) groups is 1. The van der Waals surface area contributed by atoms with Crippen LogP contribution in [0.1, 0.15) is 33.6 Å². The average Bonchev–Trinajstić information content (AvgIpc) is 2.48. The molecule has 0 radical (unpaired) electrons. The van der Waals surface area contributed by atoms with Gasteiger partial charge in [-0.2, -0.15) is 0 Å². The normalized spacial score (nSPS) is 31.5. The second kappa shape index (κ2) is 4.10. The van der Waals surface area contributed by atoms with Crippen LogP contribution in [0.25, 0.3) is 0 Å². The topological polar surface area (TPSA) is 60.8 Å². The number of likely N-dealkylation sites (tertiary alicyclic amines) is 1. The van der Waals surface area contributed by atoms with E-state index in [9.17, 15) is 9.90 Å². The number of aliphatic hydroxyl groups is 1. The first kappa shape index (κ1) is 12.5. The van der Waals surface area contributed by atoms with Crippen molar-refractivity contribution in [2.45, 2.75) is 39.2 Å². The molecule has 0 aromatic rings. The van der Waals surface area contributed by atoms with E-state index in [4.69, 9.17) is 5.11 Å². The van der Waals surface area contributed by atoms with Crippen LogP contribution >= 0.6 is 0 Å². The SMILES string of the molecule is CCC(C)(O)CN1CCC(C)(C(=O)O)C1. The van der Waals surface area contributed by atoms with Gasteiger partial charge in [0.05, 0.1) is 11.0 Å². The van der Waals surface area contributed by atoms with Crippen LogP contribution in [0.4, 0.5) is 0 Å². The molecule has 0 aliphatic carbocycles. The van der Waals surface area contributed by atoms with Crippen LogP contribution in [0.2, 0.25) is 0 Å². The van der Waals surface area contributed by atoms with Crippen LogP contribution in [0, 0.1) is 5.41 Å². The highest BCUT2D eigenvalue weighted by Crippen LogP contribution is 2.31. The molecule has 15 heavy (non-hydrogen) atoms. The molecule has 1 fully saturated rings. The third-order valence-corrected chi connectivity index (χ3v) is 3.39. The molecule has 0 aromatic carbocycles. The molecule has 4 heteroatoms. The Kier molecular flexibility index (Phi) is 3.41. The summed E-state index contributed by atoms with van der Waals surface area (Å²) in [6.07, 6.45) is 1.36. The van der Waals surface area contributed by atoms with Gasteiger partial charge in [0.25, 0.3) is 0 Å². The summed E-state index contributed by atoms with van der Waals surface area (Å²) in [6.45, 7) is 7.37. The van der Waals surface area contributed by atoms with Gasteiger partial charge in [-0.1, -0.05) is 6.92 Å². The molecule has 2 unspecified atom stereocenters. The Bertz CT molecular complexity index is 252. The van der Waals surface area contributed by atoms with E-state index in [1.165, 1.54) is 0 Å². The van der Waals surface area contributed by atoms with Gasteiger partial charge in [-0.3, -0.25) is 9.69 Å². The maximum absolute atomic E-state index is 11.0. The first-order valence-electron chi connectivity index (χ1n) is 5.47. The average molecular weight is 215 g/mol. The molecule has 0 saturated carbocycles. The lowest BCUT2D eigenvalue weighted by atomic mass is 9.90. The minimum Gasteiger partial charge on any atom is -0.481 e. The molecule has 1 heterocycles. The van der Waals surface area contributed by atoms with Crippen molar-refractivity contribution >= 4 is 5.97 Å². The molecule has 1 rings (SSSR count). The van der Waals surface area contributed by atoms with E-state index in [1.807, 2.05) is 11.8 Å². The van der Waals surface area contributed by atoms with E-state index in [-0.39, 0.29) is 0 Å². The van der Waals surface area contributed by atoms with Crippen molar-refractivity contribution in [3.05, 3.63) is 0 Å². The van der Waals surface area contributed by atoms with Crippen molar-refractivity contribution in [1.82, 2.24) is 4.90 Å². The summed E-state index contributed by atoms with van der Waals surface area (Å²) in [5.74, 6) is -0.735. The Morgan fingerprint density at radius 1 is 1.60 bits per heavy atom. The minimum absolute atomic E-state index is 0.540. The zero-order chi connectivity index (χ0) is 11.7. The van der Waals surface area contributed by atoms with Crippen LogP contribution in [0.5, 0.6) is 0 Å². The van der Waals surface area contributed by atoms with E-state index >= 15 is 0 Å². The summed E-state index contributed by atoms with van der Waals surface area (Å²) < 4.78 is 0. The summed E-state index contributed by atoms with van der Waals surface area (Å²) in [5, 5.41) is 19.0. The fraction of sp³-hybridized carbons (Fsp3) is 0.909. The molecule has 88 valence electrons. The van der Waals surface area contributed by atoms with Gasteiger partial charge >= 0.3 is 5.97 Å². The summed E-state index contributed by atoms with van der Waals surface area (Å²) in [4.78, 5) is 13.1. The third-order valence-electron chi connectivity index (χ3n) is 3.39. The molecule has 1 saturated heterocycles. The van der Waals surface area contributed by atoms with Crippen molar-refractivity contribution in [2.75, 3.05) is 19.6 Å². The summed E-state index contributed by atoms with van der Waals surface area (Å²) in [6, 6.07) is 0. The lowest BCUT2D eigenvalue weighted by molar-refractivity contribution is -0.147. The number of hydrogen-bond acceptors (Lipinski definition) is 3. The second-order valence-electron chi connectivity index (χ2n) is 5.18. The molecule has 4 nitrogen and oxygen atoms in total. The Hall–Kier alpha value is -0.610. The van der Waals surface area contributed by atoms with Gasteiger partial charge in [-0.05, 0) is 33.2 Å². The summed E-state index contributed by atoms with van der Waals surface area (Å²) in [5.41, 5.74) is -1.34. The van der Waals surface area contributed by atoms with Crippen LogP contribution in [-0.2, 0) is 4.79 Å². The van der Waals surface area contributed by atoms with Crippen LogP contribution in [-0.4, -0.2) is 46.3 Å². The third kappa shape index (κ3) is 2.92. The number of β-amino-alcohol motifs (C(OH)–C–C–N with tert-alkyl or cyclic N) is 1. The van der Waals surface area contributed by atoms with Gasteiger partial charge in [-0.15, -0.1) is 0 Å². The summed E-state index contributed by atoms with van der Waals surface area (Å²) >= 11 is 0. The van der Waals surface area contributed by atoms with E-state index in [0.717, 1.165) is 6.54 Å². The zero-order valence-electron chi connectivity index (χ0n) is 9.79. The monoisotopic (exact) mass is 215 g/mol. The van der Waals surface area contributed by atoms with Gasteiger partial charge in [0.1, 0.15) is 0 Å². The van der Waals surface area contributed by atoms with Crippen LogP contribution in [0.3, 0.4) is 0 Å². The lowest BCUT2D eigenvalue weighted by Gasteiger charge is -2.28. The second-order valence-corrected chi connectivity index (χ2v) is 5.18. The first-order valence-corrected chi connectivity index (χ1v) is 5.47. The highest BCUT2D eigenvalue weighted by Gasteiger charge is 2.41. The van der Waals surface area contributed by atoms with Gasteiger partial charge in [-0.25, -0.2) is 0 Å². The number of aliphatic carboxylic acids is 1. The molecule has 0 bridgehead atoms. The van der Waals surface area contributed by atoms with Crippen molar-refractivity contribution in [3.63, 3.8) is 0 Å². The predicted octanol–water partition coefficient (Wildman–Crippen LogP) is 0.944. The van der Waals surface area contributed by atoms with E-state index < -0.39 is 17.0 Å². The Morgan fingerprint density at radius 2 is 2.20 bits per heavy atom. The van der Waals surface area contributed by atoms with Crippen molar-refractivity contribution in [2.24, 2.45) is 5.41 Å². The molecular weight excluding hydrogens is 194 g/mol. The molecule has 1 aliphatic rings. The highest BCUT2D eigenvalue weighted by atomic mass is 16.4. The van der Waals surface area contributed by atoms with Gasteiger partial charge in [0.2, 0.25) is 0 Å². The Balaban J connectivity index is 2.54. The van der Waals surface area contributed by atoms with Gasteiger partial charge in [0, 0.05) is 13.1 Å². The number of carboxylic acids is 1. The van der Waals surface area contributed by atoms with Crippen LogP contribution in [0.15, 0.2) is 0 Å². The maximum Gasteiger partial charge on any atom is 0.310 e. The first-order chi connectivity index (χ1) is 6.79. The molecular formula is C11H21NO3. The number of carboxylic acid groups (broad SMARTS) is 1. The fourth-order valence-electron chi connectivity index (χ4n) is 1.96. The molecule has 2 N–H and O–H groups in total. The minimum atomic E-state index is -0.735. The van der Waals surface area contributed by atoms with Gasteiger partial charge < -0.3 is 10.2 Å². The quantitative estimate of drug-likeness (QED) is 0.733. The standard InChI is InChI=1S/C11H21NO3/c1-4-11(3,15)8-12-6-5-10(2,7-12)9(13)14/h15H,4-8H2,1-3H3,(H,13,14). The smallest absolute Gasteiger partial charge is 0.310 e. The van der Waals surface area contributed by atoms with Crippen molar-refractivity contribution < 1.29 is 15.0 Å². The zero-order valence-corrected chi connectivity index (χ0v) is 9.79. The molecule has 0 spiro atoms. The molecule has 2 atom stereocenters. The van der Waals surface area contributed by atoms with Crippen molar-refractivity contribution in [1.29, 1.82) is 0 Å². The number of hydrogen-bond donors (Lipinski definition) is 2. The maximum atomic E-state index is 11.0. The Morgan fingerprint density at radius 3 is 2.60 bits per heavy atom. The lowest BCUT2D eigenvalue weighted by Crippen LogP contribution is -2.41. The highest BCUT2D eigenvalue weighted by molar-refractivity contribution is 5.74. The Labute approximate surface area is 90.9 Å². The fourth-order valence-corrected chi connectivity index (χ4v) is 1.96. The van der Waals surface area contributed by atoms with E-state index in [1.54, 1.807) is 13.8 Å². The number of nitrogens with zero attached hydrogens (tertiary/aromatic N) is 1. The van der Waals surface area contributed by atoms with Crippen molar-refractivity contribution in [3.8, 4) is 0 Å². The molecule has 0 amide bonds. The summed E-state index contributed by atoms with van der Waals surface area (Å²) in [7, 11) is 0. The number of rotatable bonds is 4.